The fourth-order valence-electron chi connectivity index (χ4n) is 2.19. The molecule has 1 aromatic carbocycles. The van der Waals surface area contributed by atoms with Crippen molar-refractivity contribution < 1.29 is 9.53 Å². The number of aryl methyl sites for hydroxylation is 1. The summed E-state index contributed by atoms with van der Waals surface area (Å²) in [7, 11) is 1.64. The summed E-state index contributed by atoms with van der Waals surface area (Å²) in [6.45, 7) is 3.69. The third-order valence-corrected chi connectivity index (χ3v) is 3.32. The summed E-state index contributed by atoms with van der Waals surface area (Å²) in [6.07, 6.45) is 3.44. The van der Waals surface area contributed by atoms with E-state index in [9.17, 15) is 4.79 Å². The lowest BCUT2D eigenvalue weighted by Gasteiger charge is -2.27. The number of rotatable bonds is 2. The van der Waals surface area contributed by atoms with Crippen LogP contribution in [0.3, 0.4) is 0 Å². The predicted molar refractivity (Wildman–Crippen MR) is 72.2 cm³/mol. The molecule has 0 aliphatic carbocycles. The molecule has 1 saturated heterocycles. The van der Waals surface area contributed by atoms with E-state index in [2.05, 4.69) is 5.32 Å². The zero-order valence-corrected chi connectivity index (χ0v) is 11.0. The molecule has 1 aliphatic heterocycles. The van der Waals surface area contributed by atoms with Crippen molar-refractivity contribution in [1.82, 2.24) is 4.90 Å². The van der Waals surface area contributed by atoms with E-state index in [0.717, 1.165) is 42.9 Å². The Morgan fingerprint density at radius 1 is 1.28 bits per heavy atom. The topological polar surface area (TPSA) is 41.6 Å². The fourth-order valence-corrected chi connectivity index (χ4v) is 2.19. The lowest BCUT2D eigenvalue weighted by molar-refractivity contribution is 0.200. The summed E-state index contributed by atoms with van der Waals surface area (Å²) in [6, 6.07) is 5.67. The van der Waals surface area contributed by atoms with Crippen molar-refractivity contribution in [1.29, 1.82) is 0 Å². The molecule has 0 bridgehead atoms. The molecular formula is C14H20N2O2. The van der Waals surface area contributed by atoms with Gasteiger partial charge in [-0.25, -0.2) is 4.79 Å². The number of piperidine rings is 1. The van der Waals surface area contributed by atoms with Gasteiger partial charge in [0.25, 0.3) is 0 Å². The van der Waals surface area contributed by atoms with Gasteiger partial charge in [-0.3, -0.25) is 0 Å². The summed E-state index contributed by atoms with van der Waals surface area (Å²) in [4.78, 5) is 13.9. The largest absolute Gasteiger partial charge is 0.497 e. The molecule has 1 heterocycles. The molecule has 2 rings (SSSR count). The highest BCUT2D eigenvalue weighted by Crippen LogP contribution is 2.21. The quantitative estimate of drug-likeness (QED) is 0.874. The van der Waals surface area contributed by atoms with E-state index < -0.39 is 0 Å². The van der Waals surface area contributed by atoms with Crippen molar-refractivity contribution >= 4 is 11.7 Å². The maximum Gasteiger partial charge on any atom is 0.321 e. The number of methoxy groups -OCH3 is 1. The molecule has 18 heavy (non-hydrogen) atoms. The maximum atomic E-state index is 12.1. The highest BCUT2D eigenvalue weighted by atomic mass is 16.5. The van der Waals surface area contributed by atoms with Gasteiger partial charge in [0.1, 0.15) is 5.75 Å². The summed E-state index contributed by atoms with van der Waals surface area (Å²) in [5.41, 5.74) is 1.87. The molecule has 0 atom stereocenters. The molecule has 1 N–H and O–H groups in total. The van der Waals surface area contributed by atoms with E-state index in [-0.39, 0.29) is 6.03 Å². The molecule has 0 radical (unpaired) electrons. The van der Waals surface area contributed by atoms with E-state index in [4.69, 9.17) is 4.74 Å². The number of carbonyl (C=O) groups is 1. The first-order valence-electron chi connectivity index (χ1n) is 6.41. The van der Waals surface area contributed by atoms with Crippen molar-refractivity contribution in [3.8, 4) is 5.75 Å². The van der Waals surface area contributed by atoms with Gasteiger partial charge >= 0.3 is 6.03 Å². The van der Waals surface area contributed by atoms with Crippen molar-refractivity contribution in [3.63, 3.8) is 0 Å². The normalized spacial score (nSPS) is 15.3. The van der Waals surface area contributed by atoms with Crippen LogP contribution >= 0.6 is 0 Å². The van der Waals surface area contributed by atoms with Gasteiger partial charge in [-0.05, 0) is 49.9 Å². The monoisotopic (exact) mass is 248 g/mol. The third kappa shape index (κ3) is 2.94. The second-order valence-corrected chi connectivity index (χ2v) is 4.66. The highest BCUT2D eigenvalue weighted by molar-refractivity contribution is 5.90. The number of urea groups is 1. The van der Waals surface area contributed by atoms with Crippen LogP contribution in [0.4, 0.5) is 10.5 Å². The lowest BCUT2D eigenvalue weighted by Crippen LogP contribution is -2.38. The van der Waals surface area contributed by atoms with Crippen LogP contribution < -0.4 is 10.1 Å². The van der Waals surface area contributed by atoms with Gasteiger partial charge in [0.15, 0.2) is 0 Å². The minimum Gasteiger partial charge on any atom is -0.497 e. The van der Waals surface area contributed by atoms with Crippen LogP contribution in [-0.2, 0) is 0 Å². The van der Waals surface area contributed by atoms with Crippen molar-refractivity contribution in [3.05, 3.63) is 23.8 Å². The smallest absolute Gasteiger partial charge is 0.321 e. The third-order valence-electron chi connectivity index (χ3n) is 3.32. The van der Waals surface area contributed by atoms with Crippen LogP contribution in [0.1, 0.15) is 24.8 Å². The Morgan fingerprint density at radius 2 is 2.00 bits per heavy atom. The van der Waals surface area contributed by atoms with E-state index >= 15 is 0 Å². The Balaban J connectivity index is 2.02. The Labute approximate surface area is 108 Å². The van der Waals surface area contributed by atoms with Gasteiger partial charge in [0, 0.05) is 18.8 Å². The van der Waals surface area contributed by atoms with Gasteiger partial charge in [0.05, 0.1) is 7.11 Å². The second kappa shape index (κ2) is 5.76. The number of amides is 2. The molecule has 0 aromatic heterocycles. The maximum absolute atomic E-state index is 12.1. The number of anilines is 1. The van der Waals surface area contributed by atoms with E-state index in [1.807, 2.05) is 30.0 Å². The molecule has 4 nitrogen and oxygen atoms in total. The molecule has 0 unspecified atom stereocenters. The number of hydrogen-bond acceptors (Lipinski definition) is 2. The summed E-state index contributed by atoms with van der Waals surface area (Å²) < 4.78 is 5.15. The van der Waals surface area contributed by atoms with Crippen LogP contribution in [0.5, 0.6) is 5.75 Å². The number of benzene rings is 1. The molecular weight excluding hydrogens is 228 g/mol. The first kappa shape index (κ1) is 12.7. The molecule has 0 saturated carbocycles. The van der Waals surface area contributed by atoms with E-state index in [1.54, 1.807) is 7.11 Å². The SMILES string of the molecule is COc1ccc(NC(=O)N2CCCCC2)c(C)c1. The van der Waals surface area contributed by atoms with Crippen LogP contribution in [-0.4, -0.2) is 31.1 Å². The summed E-state index contributed by atoms with van der Waals surface area (Å²) in [5, 5.41) is 2.96. The molecule has 98 valence electrons. The van der Waals surface area contributed by atoms with E-state index in [0.29, 0.717) is 0 Å². The molecule has 1 aliphatic rings. The summed E-state index contributed by atoms with van der Waals surface area (Å²) in [5.74, 6) is 0.809. The first-order valence-corrected chi connectivity index (χ1v) is 6.41. The molecule has 0 spiro atoms. The highest BCUT2D eigenvalue weighted by Gasteiger charge is 2.16. The van der Waals surface area contributed by atoms with Crippen molar-refractivity contribution in [2.75, 3.05) is 25.5 Å². The molecule has 1 aromatic rings. The number of carbonyl (C=O) groups excluding carboxylic acids is 1. The second-order valence-electron chi connectivity index (χ2n) is 4.66. The van der Waals surface area contributed by atoms with Gasteiger partial charge < -0.3 is 15.0 Å². The average molecular weight is 248 g/mol. The predicted octanol–water partition coefficient (Wildman–Crippen LogP) is 3.02. The minimum absolute atomic E-state index is 0.00275. The molecule has 1 fully saturated rings. The Morgan fingerprint density at radius 3 is 2.61 bits per heavy atom. The molecule has 4 heteroatoms. The standard InChI is InChI=1S/C14H20N2O2/c1-11-10-12(18-2)6-7-13(11)15-14(17)16-8-4-3-5-9-16/h6-7,10H,3-5,8-9H2,1-2H3,(H,15,17). The van der Waals surface area contributed by atoms with Gasteiger partial charge in [-0.15, -0.1) is 0 Å². The number of nitrogens with one attached hydrogen (secondary N) is 1. The van der Waals surface area contributed by atoms with Crippen molar-refractivity contribution in [2.45, 2.75) is 26.2 Å². The van der Waals surface area contributed by atoms with Crippen molar-refractivity contribution in [2.24, 2.45) is 0 Å². The number of likely N-dealkylation sites (tertiary alicyclic amines) is 1. The fraction of sp³-hybridized carbons (Fsp3) is 0.500. The first-order chi connectivity index (χ1) is 8.70. The average Bonchev–Trinajstić information content (AvgIpc) is 2.42. The van der Waals surface area contributed by atoms with Gasteiger partial charge in [-0.1, -0.05) is 0 Å². The Bertz CT molecular complexity index is 426. The number of ether oxygens (including phenoxy) is 1. The van der Waals surface area contributed by atoms with Crippen LogP contribution in [0, 0.1) is 6.92 Å². The Kier molecular flexibility index (Phi) is 4.07. The zero-order valence-electron chi connectivity index (χ0n) is 11.0. The van der Waals surface area contributed by atoms with Crippen LogP contribution in [0.25, 0.3) is 0 Å². The van der Waals surface area contributed by atoms with Crippen LogP contribution in [0.15, 0.2) is 18.2 Å². The Hall–Kier alpha value is -1.71. The lowest BCUT2D eigenvalue weighted by atomic mass is 10.1. The number of nitrogens with zero attached hydrogens (tertiary/aromatic N) is 1. The van der Waals surface area contributed by atoms with Gasteiger partial charge in [-0.2, -0.15) is 0 Å². The number of hydrogen-bond donors (Lipinski definition) is 1. The van der Waals surface area contributed by atoms with Crippen LogP contribution in [0.2, 0.25) is 0 Å². The van der Waals surface area contributed by atoms with Gasteiger partial charge in [0.2, 0.25) is 0 Å². The summed E-state index contributed by atoms with van der Waals surface area (Å²) >= 11 is 0. The minimum atomic E-state index is 0.00275. The van der Waals surface area contributed by atoms with E-state index in [1.165, 1.54) is 6.42 Å². The molecule has 2 amide bonds. The zero-order chi connectivity index (χ0) is 13.0.